The summed E-state index contributed by atoms with van der Waals surface area (Å²) in [6.07, 6.45) is -4.44. The van der Waals surface area contributed by atoms with Gasteiger partial charge in [0.15, 0.2) is 0 Å². The Kier molecular flexibility index (Phi) is 3.90. The van der Waals surface area contributed by atoms with Crippen LogP contribution in [0.2, 0.25) is 0 Å². The van der Waals surface area contributed by atoms with Gasteiger partial charge in [-0.2, -0.15) is 13.2 Å². The van der Waals surface area contributed by atoms with Crippen LogP contribution >= 0.6 is 0 Å². The lowest BCUT2D eigenvalue weighted by Gasteiger charge is -1.93. The molecule has 0 radical (unpaired) electrons. The Labute approximate surface area is 88.5 Å². The lowest BCUT2D eigenvalue weighted by molar-refractivity contribution is -0.119. The number of benzene rings is 1. The maximum Gasteiger partial charge on any atom is 0.415 e. The molecule has 1 amide bonds. The molecule has 0 atom stereocenters. The second-order valence-electron chi connectivity index (χ2n) is 2.78. The monoisotopic (exact) mass is 230 g/mol. The van der Waals surface area contributed by atoms with E-state index in [0.29, 0.717) is 0 Å². The average molecular weight is 230 g/mol. The highest BCUT2D eigenvalue weighted by molar-refractivity contribution is 5.94. The van der Waals surface area contributed by atoms with Crippen molar-refractivity contribution < 1.29 is 18.0 Å². The van der Waals surface area contributed by atoms with E-state index >= 15 is 0 Å². The Morgan fingerprint density at radius 3 is 2.44 bits per heavy atom. The zero-order chi connectivity index (χ0) is 12.0. The number of carbonyl (C=O) groups is 1. The molecule has 16 heavy (non-hydrogen) atoms. The van der Waals surface area contributed by atoms with E-state index in [1.165, 1.54) is 12.1 Å². The summed E-state index contributed by atoms with van der Waals surface area (Å²) in [5.41, 5.74) is 0.244. The first kappa shape index (κ1) is 12.1. The smallest absolute Gasteiger partial charge is 0.259 e. The molecule has 0 N–H and O–H groups in total. The van der Waals surface area contributed by atoms with Crippen LogP contribution in [0.1, 0.15) is 10.4 Å². The molecule has 0 fully saturated rings. The molecular weight excluding hydrogens is 223 g/mol. The Balaban J connectivity index is 2.62. The fourth-order valence-corrected chi connectivity index (χ4v) is 0.823. The van der Waals surface area contributed by atoms with Gasteiger partial charge in [-0.15, -0.1) is 0 Å². The maximum atomic E-state index is 11.6. The first-order chi connectivity index (χ1) is 7.49. The summed E-state index contributed by atoms with van der Waals surface area (Å²) < 4.78 is 34.9. The highest BCUT2D eigenvalue weighted by Crippen LogP contribution is 2.13. The molecule has 0 unspecified atom stereocenters. The van der Waals surface area contributed by atoms with Gasteiger partial charge in [-0.1, -0.05) is 18.2 Å². The molecule has 0 bridgehead atoms. The zero-order valence-electron chi connectivity index (χ0n) is 7.98. The van der Waals surface area contributed by atoms with Crippen LogP contribution < -0.4 is 4.91 Å². The minimum Gasteiger partial charge on any atom is -0.259 e. The number of halogens is 3. The molecular formula is C9H7F3N3O+. The van der Waals surface area contributed by atoms with Crippen molar-refractivity contribution in [1.82, 2.24) is 4.91 Å². The molecule has 84 valence electrons. The molecule has 0 spiro atoms. The lowest BCUT2D eigenvalue weighted by atomic mass is 10.2. The number of alkyl halides is 3. The SMILES string of the molecule is O=C(N=[N+]=NCC(F)(F)F)c1ccccc1. The van der Waals surface area contributed by atoms with Gasteiger partial charge in [0, 0.05) is 5.56 Å². The summed E-state index contributed by atoms with van der Waals surface area (Å²) in [4.78, 5) is 14.0. The summed E-state index contributed by atoms with van der Waals surface area (Å²) in [6, 6.07) is 7.86. The van der Waals surface area contributed by atoms with Crippen molar-refractivity contribution in [3.05, 3.63) is 35.9 Å². The van der Waals surface area contributed by atoms with Crippen LogP contribution in [-0.2, 0) is 0 Å². The number of hydrogen-bond donors (Lipinski definition) is 0. The average Bonchev–Trinajstić information content (AvgIpc) is 2.24. The van der Waals surface area contributed by atoms with Crippen molar-refractivity contribution in [2.75, 3.05) is 6.54 Å². The molecule has 0 saturated heterocycles. The van der Waals surface area contributed by atoms with Gasteiger partial charge in [0.1, 0.15) is 5.11 Å². The Morgan fingerprint density at radius 2 is 1.88 bits per heavy atom. The van der Waals surface area contributed by atoms with E-state index in [1.54, 1.807) is 18.2 Å². The molecule has 1 rings (SSSR count). The summed E-state index contributed by atoms with van der Waals surface area (Å²) >= 11 is 0. The third-order valence-corrected chi connectivity index (χ3v) is 1.47. The van der Waals surface area contributed by atoms with E-state index in [-0.39, 0.29) is 5.56 Å². The minimum atomic E-state index is -4.44. The fraction of sp³-hybridized carbons (Fsp3) is 0.222. The van der Waals surface area contributed by atoms with Crippen LogP contribution in [0.25, 0.3) is 0 Å². The molecule has 0 aliphatic carbocycles. The molecule has 0 heterocycles. The van der Waals surface area contributed by atoms with Crippen molar-refractivity contribution >= 4 is 5.91 Å². The third-order valence-electron chi connectivity index (χ3n) is 1.47. The number of carbonyl (C=O) groups excluding carboxylic acids is 1. The van der Waals surface area contributed by atoms with Gasteiger partial charge < -0.3 is 0 Å². The van der Waals surface area contributed by atoms with Gasteiger partial charge in [-0.25, -0.2) is 0 Å². The maximum absolute atomic E-state index is 11.6. The van der Waals surface area contributed by atoms with Gasteiger partial charge in [0.2, 0.25) is 16.6 Å². The van der Waals surface area contributed by atoms with Gasteiger partial charge in [0.25, 0.3) is 0 Å². The van der Waals surface area contributed by atoms with Crippen LogP contribution in [0.3, 0.4) is 0 Å². The van der Waals surface area contributed by atoms with Crippen LogP contribution in [0.5, 0.6) is 0 Å². The number of amides is 1. The Morgan fingerprint density at radius 1 is 1.25 bits per heavy atom. The van der Waals surface area contributed by atoms with Gasteiger partial charge >= 0.3 is 12.1 Å². The number of nitrogens with zero attached hydrogens (tertiary/aromatic N) is 3. The predicted octanol–water partition coefficient (Wildman–Crippen LogP) is 2.36. The van der Waals surface area contributed by atoms with Gasteiger partial charge in [-0.3, -0.25) is 4.79 Å². The quantitative estimate of drug-likeness (QED) is 0.568. The molecule has 0 aliphatic heterocycles. The normalized spacial score (nSPS) is 10.4. The molecule has 7 heteroatoms. The Bertz CT molecular complexity index is 421. The summed E-state index contributed by atoms with van der Waals surface area (Å²) in [5, 5.41) is 5.74. The summed E-state index contributed by atoms with van der Waals surface area (Å²) in [7, 11) is 0. The van der Waals surface area contributed by atoms with Crippen molar-refractivity contribution in [2.24, 2.45) is 10.2 Å². The van der Waals surface area contributed by atoms with Crippen LogP contribution in [0.4, 0.5) is 13.2 Å². The molecule has 1 aromatic rings. The van der Waals surface area contributed by atoms with Crippen molar-refractivity contribution in [2.45, 2.75) is 6.18 Å². The first-order valence-corrected chi connectivity index (χ1v) is 4.23. The van der Waals surface area contributed by atoms with E-state index < -0.39 is 18.6 Å². The second-order valence-corrected chi connectivity index (χ2v) is 2.78. The standard InChI is InChI=1S/C9H7F3N3O/c10-9(11,12)6-13-15-14-8(16)7-4-2-1-3-5-7/h1-5H,6H2/q+1. The second kappa shape index (κ2) is 5.18. The minimum absolute atomic E-state index is 0.244. The van der Waals surface area contributed by atoms with Crippen LogP contribution in [-0.4, -0.2) is 18.6 Å². The molecule has 0 saturated carbocycles. The topological polar surface area (TPSA) is 55.9 Å². The summed E-state index contributed by atoms with van der Waals surface area (Å²) in [6.45, 7) is -1.45. The molecule has 1 aromatic carbocycles. The summed E-state index contributed by atoms with van der Waals surface area (Å²) in [5.74, 6) is -0.730. The van der Waals surface area contributed by atoms with E-state index in [2.05, 4.69) is 15.1 Å². The Hall–Kier alpha value is -2.01. The fourth-order valence-electron chi connectivity index (χ4n) is 0.823. The zero-order valence-corrected chi connectivity index (χ0v) is 7.98. The lowest BCUT2D eigenvalue weighted by Crippen LogP contribution is -2.11. The van der Waals surface area contributed by atoms with Crippen molar-refractivity contribution in [1.29, 1.82) is 0 Å². The van der Waals surface area contributed by atoms with Crippen LogP contribution in [0.15, 0.2) is 40.6 Å². The number of rotatable bonds is 2. The molecule has 4 nitrogen and oxygen atoms in total. The highest BCUT2D eigenvalue weighted by atomic mass is 19.4. The van der Waals surface area contributed by atoms with E-state index in [9.17, 15) is 18.0 Å². The van der Waals surface area contributed by atoms with E-state index in [1.807, 2.05) is 0 Å². The third kappa shape index (κ3) is 4.47. The predicted molar refractivity (Wildman–Crippen MR) is 48.7 cm³/mol. The number of hydrogen-bond acceptors (Lipinski definition) is 2. The first-order valence-electron chi connectivity index (χ1n) is 4.23. The van der Waals surface area contributed by atoms with Gasteiger partial charge in [0.05, 0.1) is 0 Å². The van der Waals surface area contributed by atoms with Crippen molar-refractivity contribution in [3.63, 3.8) is 0 Å². The van der Waals surface area contributed by atoms with Crippen LogP contribution in [0, 0.1) is 0 Å². The molecule has 0 aliphatic rings. The largest absolute Gasteiger partial charge is 0.415 e. The van der Waals surface area contributed by atoms with Gasteiger partial charge in [-0.05, 0) is 12.1 Å². The van der Waals surface area contributed by atoms with E-state index in [0.717, 1.165) is 0 Å². The van der Waals surface area contributed by atoms with Crippen molar-refractivity contribution in [3.8, 4) is 0 Å². The highest BCUT2D eigenvalue weighted by Gasteiger charge is 2.29. The molecule has 0 aromatic heterocycles. The van der Waals surface area contributed by atoms with E-state index in [4.69, 9.17) is 0 Å².